The topological polar surface area (TPSA) is 43.4 Å². The van der Waals surface area contributed by atoms with Crippen molar-refractivity contribution in [3.8, 4) is 0 Å². The standard InChI is InChI=1S/C12H23NO2.ClH/c1-5-13(6-2)9-7-8-10(3)11(4)12(14)15;/h10H,4-9H2,1-3H3,(H,14,15);1H/p-1. The number of nitrogens with zero attached hydrogens (tertiary/aromatic N) is 1. The molecule has 0 fully saturated rings. The summed E-state index contributed by atoms with van der Waals surface area (Å²) < 4.78 is 0. The summed E-state index contributed by atoms with van der Waals surface area (Å²) in [5.41, 5.74) is 0.217. The lowest BCUT2D eigenvalue weighted by atomic mass is 9.97. The molecule has 0 aromatic carbocycles. The summed E-state index contributed by atoms with van der Waals surface area (Å²) in [5.74, 6) is -1.10. The van der Waals surface area contributed by atoms with Crippen LogP contribution < -0.4 is 5.11 Å². The lowest BCUT2D eigenvalue weighted by Gasteiger charge is -2.20. The number of hydrogen-bond donors (Lipinski definition) is 0. The van der Waals surface area contributed by atoms with Crippen molar-refractivity contribution in [2.45, 2.75) is 33.6 Å². The number of carboxylic acid groups (broad SMARTS) is 1. The zero-order valence-corrected chi connectivity index (χ0v) is 11.3. The molecule has 0 heterocycles. The summed E-state index contributed by atoms with van der Waals surface area (Å²) in [6.45, 7) is 12.8. The molecule has 3 nitrogen and oxygen atoms in total. The third-order valence-electron chi connectivity index (χ3n) is 2.86. The maximum Gasteiger partial charge on any atom is 0.0671 e. The van der Waals surface area contributed by atoms with Crippen LogP contribution in [0.4, 0.5) is 0 Å². The Morgan fingerprint density at radius 1 is 1.38 bits per heavy atom. The van der Waals surface area contributed by atoms with Gasteiger partial charge >= 0.3 is 0 Å². The molecule has 16 heavy (non-hydrogen) atoms. The average molecular weight is 249 g/mol. The van der Waals surface area contributed by atoms with Crippen molar-refractivity contribution in [2.24, 2.45) is 5.92 Å². The highest BCUT2D eigenvalue weighted by atomic mass is 35.5. The van der Waals surface area contributed by atoms with Crippen LogP contribution in [0.15, 0.2) is 12.2 Å². The number of halogens is 1. The first-order valence-electron chi connectivity index (χ1n) is 5.65. The second kappa shape index (κ2) is 9.67. The number of aliphatic carboxylic acids is 1. The van der Waals surface area contributed by atoms with Gasteiger partial charge in [0.1, 0.15) is 0 Å². The highest BCUT2D eigenvalue weighted by Crippen LogP contribution is 2.14. The van der Waals surface area contributed by atoms with Gasteiger partial charge in [0.15, 0.2) is 0 Å². The fourth-order valence-corrected chi connectivity index (χ4v) is 1.54. The molecule has 1 unspecified atom stereocenters. The highest BCUT2D eigenvalue weighted by molar-refractivity contribution is 5.85. The Bertz CT molecular complexity index is 215. The Kier molecular flexibility index (Phi) is 10.8. The van der Waals surface area contributed by atoms with E-state index in [2.05, 4.69) is 25.3 Å². The minimum Gasteiger partial charge on any atom is -0.545 e. The predicted octanol–water partition coefficient (Wildman–Crippen LogP) is 1.47. The minimum absolute atomic E-state index is 0. The SMILES string of the molecule is C=C(C(=O)[O-])C(C)CCCN(CC)CC.Cl. The second-order valence-corrected chi connectivity index (χ2v) is 3.88. The van der Waals surface area contributed by atoms with Gasteiger partial charge in [0.05, 0.1) is 5.97 Å². The molecule has 0 aliphatic heterocycles. The molecule has 0 spiro atoms. The summed E-state index contributed by atoms with van der Waals surface area (Å²) in [7, 11) is 0. The van der Waals surface area contributed by atoms with Crippen molar-refractivity contribution < 1.29 is 9.90 Å². The molecule has 96 valence electrons. The van der Waals surface area contributed by atoms with Crippen molar-refractivity contribution in [1.29, 1.82) is 0 Å². The Hall–Kier alpha value is -0.540. The van der Waals surface area contributed by atoms with E-state index in [1.54, 1.807) is 0 Å². The average Bonchev–Trinajstić information content (AvgIpc) is 2.22. The van der Waals surface area contributed by atoms with Crippen LogP contribution in [0.5, 0.6) is 0 Å². The van der Waals surface area contributed by atoms with Crippen molar-refractivity contribution >= 4 is 18.4 Å². The number of carbonyl (C=O) groups excluding carboxylic acids is 1. The van der Waals surface area contributed by atoms with Gasteiger partial charge in [0, 0.05) is 0 Å². The predicted molar refractivity (Wildman–Crippen MR) is 67.6 cm³/mol. The first kappa shape index (κ1) is 17.8. The first-order chi connectivity index (χ1) is 7.02. The summed E-state index contributed by atoms with van der Waals surface area (Å²) in [5, 5.41) is 10.5. The molecule has 0 bridgehead atoms. The van der Waals surface area contributed by atoms with Crippen LogP contribution in [-0.2, 0) is 4.79 Å². The van der Waals surface area contributed by atoms with Crippen molar-refractivity contribution in [3.63, 3.8) is 0 Å². The summed E-state index contributed by atoms with van der Waals surface area (Å²) >= 11 is 0. The van der Waals surface area contributed by atoms with Crippen molar-refractivity contribution in [1.82, 2.24) is 4.90 Å². The van der Waals surface area contributed by atoms with Gasteiger partial charge in [0.25, 0.3) is 0 Å². The summed E-state index contributed by atoms with van der Waals surface area (Å²) in [6.07, 6.45) is 1.87. The van der Waals surface area contributed by atoms with E-state index in [1.165, 1.54) is 0 Å². The Labute approximate surface area is 105 Å². The van der Waals surface area contributed by atoms with Crippen LogP contribution in [0.3, 0.4) is 0 Å². The number of hydrogen-bond acceptors (Lipinski definition) is 3. The van der Waals surface area contributed by atoms with E-state index in [0.717, 1.165) is 32.5 Å². The van der Waals surface area contributed by atoms with Crippen LogP contribution in [0.2, 0.25) is 0 Å². The van der Waals surface area contributed by atoms with Gasteiger partial charge in [-0.1, -0.05) is 27.4 Å². The third-order valence-corrected chi connectivity index (χ3v) is 2.86. The Morgan fingerprint density at radius 2 is 1.88 bits per heavy atom. The molecule has 0 saturated carbocycles. The van der Waals surface area contributed by atoms with Gasteiger partial charge in [0.2, 0.25) is 0 Å². The number of rotatable bonds is 8. The van der Waals surface area contributed by atoms with E-state index >= 15 is 0 Å². The molecule has 0 aliphatic carbocycles. The molecule has 1 atom stereocenters. The van der Waals surface area contributed by atoms with E-state index in [9.17, 15) is 9.90 Å². The summed E-state index contributed by atoms with van der Waals surface area (Å²) in [4.78, 5) is 12.9. The largest absolute Gasteiger partial charge is 0.545 e. The zero-order chi connectivity index (χ0) is 11.8. The van der Waals surface area contributed by atoms with Crippen LogP contribution >= 0.6 is 12.4 Å². The van der Waals surface area contributed by atoms with Gasteiger partial charge in [-0.3, -0.25) is 0 Å². The van der Waals surface area contributed by atoms with E-state index in [0.29, 0.717) is 0 Å². The number of carboxylic acids is 1. The van der Waals surface area contributed by atoms with Gasteiger partial charge in [-0.05, 0) is 44.0 Å². The molecular weight excluding hydrogens is 226 g/mol. The Balaban J connectivity index is 0. The van der Waals surface area contributed by atoms with E-state index in [4.69, 9.17) is 0 Å². The fraction of sp³-hybridized carbons (Fsp3) is 0.750. The van der Waals surface area contributed by atoms with E-state index in [1.807, 2.05) is 6.92 Å². The molecular formula is C12H23ClNO2-. The maximum atomic E-state index is 10.5. The lowest BCUT2D eigenvalue weighted by Crippen LogP contribution is -2.28. The summed E-state index contributed by atoms with van der Waals surface area (Å²) in [6, 6.07) is 0. The molecule has 0 saturated heterocycles. The third kappa shape index (κ3) is 6.85. The van der Waals surface area contributed by atoms with E-state index in [-0.39, 0.29) is 23.9 Å². The lowest BCUT2D eigenvalue weighted by molar-refractivity contribution is -0.299. The molecule has 4 heteroatoms. The number of carbonyl (C=O) groups is 1. The first-order valence-corrected chi connectivity index (χ1v) is 5.65. The maximum absolute atomic E-state index is 10.5. The normalized spacial score (nSPS) is 12.0. The van der Waals surface area contributed by atoms with Crippen molar-refractivity contribution in [2.75, 3.05) is 19.6 Å². The zero-order valence-electron chi connectivity index (χ0n) is 10.5. The molecule has 0 aliphatic rings. The monoisotopic (exact) mass is 248 g/mol. The fourth-order valence-electron chi connectivity index (χ4n) is 1.54. The molecule has 0 N–H and O–H groups in total. The second-order valence-electron chi connectivity index (χ2n) is 3.88. The van der Waals surface area contributed by atoms with Crippen LogP contribution in [0.25, 0.3) is 0 Å². The van der Waals surface area contributed by atoms with Gasteiger partial charge in [-0.15, -0.1) is 12.4 Å². The quantitative estimate of drug-likeness (QED) is 0.611. The van der Waals surface area contributed by atoms with Crippen LogP contribution in [0, 0.1) is 5.92 Å². The smallest absolute Gasteiger partial charge is 0.0671 e. The molecule has 0 radical (unpaired) electrons. The van der Waals surface area contributed by atoms with Crippen LogP contribution in [-0.4, -0.2) is 30.5 Å². The van der Waals surface area contributed by atoms with Crippen molar-refractivity contribution in [3.05, 3.63) is 12.2 Å². The minimum atomic E-state index is -1.12. The molecule has 0 aromatic rings. The van der Waals surface area contributed by atoms with Crippen LogP contribution in [0.1, 0.15) is 33.6 Å². The van der Waals surface area contributed by atoms with Gasteiger partial charge < -0.3 is 14.8 Å². The van der Waals surface area contributed by atoms with Gasteiger partial charge in [-0.25, -0.2) is 0 Å². The molecule has 0 aromatic heterocycles. The van der Waals surface area contributed by atoms with E-state index < -0.39 is 5.97 Å². The highest BCUT2D eigenvalue weighted by Gasteiger charge is 2.08. The van der Waals surface area contributed by atoms with Gasteiger partial charge in [-0.2, -0.15) is 0 Å². The molecule has 0 rings (SSSR count). The Morgan fingerprint density at radius 3 is 2.25 bits per heavy atom. The molecule has 0 amide bonds.